The number of hydrogen-bond donors (Lipinski definition) is 0. The summed E-state index contributed by atoms with van der Waals surface area (Å²) >= 11 is 1.54. The molecule has 1 aromatic heterocycles. The van der Waals surface area contributed by atoms with Crippen LogP contribution in [0.25, 0.3) is 10.2 Å². The minimum atomic E-state index is -0.171. The maximum absolute atomic E-state index is 12.4. The Bertz CT molecular complexity index is 1060. The Balaban J connectivity index is 1.66. The van der Waals surface area contributed by atoms with Crippen LogP contribution in [0.15, 0.2) is 35.3 Å². The van der Waals surface area contributed by atoms with Crippen LogP contribution in [-0.4, -0.2) is 17.3 Å². The van der Waals surface area contributed by atoms with E-state index in [4.69, 9.17) is 9.47 Å². The first-order chi connectivity index (χ1) is 12.0. The number of amides is 1. The van der Waals surface area contributed by atoms with Crippen LogP contribution in [0.5, 0.6) is 11.5 Å². The number of aryl methyl sites for hydroxylation is 3. The lowest BCUT2D eigenvalue weighted by molar-refractivity contribution is -0.117. The van der Waals surface area contributed by atoms with E-state index in [0.717, 1.165) is 26.3 Å². The highest BCUT2D eigenvalue weighted by atomic mass is 32.1. The molecule has 6 heteroatoms. The molecule has 1 aliphatic heterocycles. The first-order valence-corrected chi connectivity index (χ1v) is 8.86. The van der Waals surface area contributed by atoms with Gasteiger partial charge in [-0.3, -0.25) is 4.79 Å². The average molecular weight is 354 g/mol. The quantitative estimate of drug-likeness (QED) is 0.710. The van der Waals surface area contributed by atoms with E-state index in [1.54, 1.807) is 0 Å². The van der Waals surface area contributed by atoms with Gasteiger partial charge in [0.25, 0.3) is 5.91 Å². The van der Waals surface area contributed by atoms with Crippen LogP contribution in [0.2, 0.25) is 0 Å². The third kappa shape index (κ3) is 2.82. The fourth-order valence-electron chi connectivity index (χ4n) is 3.01. The van der Waals surface area contributed by atoms with Gasteiger partial charge in [-0.05, 0) is 48.7 Å². The molecule has 1 aliphatic rings. The van der Waals surface area contributed by atoms with E-state index in [1.165, 1.54) is 22.5 Å². The average Bonchev–Trinajstić information content (AvgIpc) is 3.16. The molecular weight excluding hydrogens is 336 g/mol. The molecule has 0 atom stereocenters. The van der Waals surface area contributed by atoms with Crippen molar-refractivity contribution >= 4 is 27.5 Å². The standard InChI is InChI=1S/C19H18N2O3S/c1-11-4-7-16-18(12(11)2)21(3)19(25-16)20-17(22)9-13-5-6-14-15(8-13)24-10-23-14/h4-8H,9-10H2,1-3H3. The van der Waals surface area contributed by atoms with Gasteiger partial charge < -0.3 is 14.0 Å². The van der Waals surface area contributed by atoms with E-state index in [1.807, 2.05) is 29.8 Å². The number of carbonyl (C=O) groups excluding carboxylic acids is 1. The molecule has 0 bridgehead atoms. The number of aromatic nitrogens is 1. The van der Waals surface area contributed by atoms with Crippen molar-refractivity contribution in [3.8, 4) is 11.5 Å². The van der Waals surface area contributed by atoms with Crippen molar-refractivity contribution in [1.29, 1.82) is 0 Å². The molecule has 1 amide bonds. The second-order valence-electron chi connectivity index (χ2n) is 6.17. The van der Waals surface area contributed by atoms with E-state index in [9.17, 15) is 4.79 Å². The molecule has 2 aromatic carbocycles. The molecule has 0 fully saturated rings. The number of ether oxygens (including phenoxy) is 2. The molecule has 5 nitrogen and oxygen atoms in total. The topological polar surface area (TPSA) is 52.8 Å². The summed E-state index contributed by atoms with van der Waals surface area (Å²) in [6.45, 7) is 4.42. The Morgan fingerprint density at radius 1 is 1.20 bits per heavy atom. The van der Waals surface area contributed by atoms with Gasteiger partial charge in [-0.2, -0.15) is 4.99 Å². The first kappa shape index (κ1) is 15.9. The van der Waals surface area contributed by atoms with Crippen LogP contribution in [0, 0.1) is 13.8 Å². The number of rotatable bonds is 2. The van der Waals surface area contributed by atoms with Crippen molar-refractivity contribution < 1.29 is 14.3 Å². The first-order valence-electron chi connectivity index (χ1n) is 8.05. The Labute approximate surface area is 149 Å². The van der Waals surface area contributed by atoms with E-state index in [-0.39, 0.29) is 19.1 Å². The van der Waals surface area contributed by atoms with Gasteiger partial charge >= 0.3 is 0 Å². The molecule has 0 saturated carbocycles. The van der Waals surface area contributed by atoms with E-state index in [2.05, 4.69) is 31.0 Å². The molecule has 0 aliphatic carbocycles. The van der Waals surface area contributed by atoms with Crippen LogP contribution >= 0.6 is 11.3 Å². The maximum atomic E-state index is 12.4. The smallest absolute Gasteiger partial charge is 0.252 e. The third-order valence-electron chi connectivity index (χ3n) is 4.50. The Hall–Kier alpha value is -2.60. The second-order valence-corrected chi connectivity index (χ2v) is 7.18. The summed E-state index contributed by atoms with van der Waals surface area (Å²) in [6, 6.07) is 9.74. The second kappa shape index (κ2) is 6.04. The van der Waals surface area contributed by atoms with Gasteiger partial charge in [0.2, 0.25) is 6.79 Å². The van der Waals surface area contributed by atoms with Crippen molar-refractivity contribution in [3.05, 3.63) is 51.8 Å². The zero-order valence-corrected chi connectivity index (χ0v) is 15.1. The molecule has 0 unspecified atom stereocenters. The molecule has 25 heavy (non-hydrogen) atoms. The Morgan fingerprint density at radius 2 is 2.00 bits per heavy atom. The van der Waals surface area contributed by atoms with Gasteiger partial charge in [0.05, 0.1) is 16.6 Å². The summed E-state index contributed by atoms with van der Waals surface area (Å²) in [7, 11) is 1.96. The third-order valence-corrected chi connectivity index (χ3v) is 5.60. The summed E-state index contributed by atoms with van der Waals surface area (Å²) < 4.78 is 13.8. The van der Waals surface area contributed by atoms with Crippen LogP contribution in [0.3, 0.4) is 0 Å². The Kier molecular flexibility index (Phi) is 3.84. The number of thiazole rings is 1. The number of nitrogens with zero attached hydrogens (tertiary/aromatic N) is 2. The molecule has 2 heterocycles. The van der Waals surface area contributed by atoms with Crippen LogP contribution in [0.4, 0.5) is 0 Å². The largest absolute Gasteiger partial charge is 0.454 e. The van der Waals surface area contributed by atoms with Crippen molar-refractivity contribution in [3.63, 3.8) is 0 Å². The fourth-order valence-corrected chi connectivity index (χ4v) is 4.10. The van der Waals surface area contributed by atoms with Gasteiger partial charge in [0.15, 0.2) is 16.3 Å². The van der Waals surface area contributed by atoms with Gasteiger partial charge in [0, 0.05) is 7.05 Å². The summed E-state index contributed by atoms with van der Waals surface area (Å²) in [5.41, 5.74) is 4.47. The highest BCUT2D eigenvalue weighted by molar-refractivity contribution is 7.16. The van der Waals surface area contributed by atoms with Crippen molar-refractivity contribution in [2.75, 3.05) is 6.79 Å². The van der Waals surface area contributed by atoms with Gasteiger partial charge in [-0.15, -0.1) is 0 Å². The predicted molar refractivity (Wildman–Crippen MR) is 97.1 cm³/mol. The number of carbonyl (C=O) groups is 1. The minimum Gasteiger partial charge on any atom is -0.454 e. The van der Waals surface area contributed by atoms with Crippen LogP contribution in [-0.2, 0) is 18.3 Å². The van der Waals surface area contributed by atoms with Crippen LogP contribution in [0.1, 0.15) is 16.7 Å². The monoisotopic (exact) mass is 354 g/mol. The highest BCUT2D eigenvalue weighted by Gasteiger charge is 2.15. The van der Waals surface area contributed by atoms with E-state index < -0.39 is 0 Å². The minimum absolute atomic E-state index is 0.171. The lowest BCUT2D eigenvalue weighted by Crippen LogP contribution is -2.14. The lowest BCUT2D eigenvalue weighted by Gasteiger charge is -2.03. The van der Waals surface area contributed by atoms with Gasteiger partial charge in [0.1, 0.15) is 0 Å². The zero-order valence-electron chi connectivity index (χ0n) is 14.3. The maximum Gasteiger partial charge on any atom is 0.252 e. The SMILES string of the molecule is Cc1ccc2sc(=NC(=O)Cc3ccc4c(c3)OCO4)n(C)c2c1C. The molecule has 0 radical (unpaired) electrons. The molecule has 0 N–H and O–H groups in total. The molecule has 128 valence electrons. The summed E-state index contributed by atoms with van der Waals surface area (Å²) in [5.74, 6) is 1.23. The van der Waals surface area contributed by atoms with Gasteiger partial charge in [-0.1, -0.05) is 23.5 Å². The summed E-state index contributed by atoms with van der Waals surface area (Å²) in [4.78, 5) is 17.5. The number of fused-ring (bicyclic) bond motifs is 2. The molecule has 0 saturated heterocycles. The zero-order chi connectivity index (χ0) is 17.6. The van der Waals surface area contributed by atoms with Crippen LogP contribution < -0.4 is 14.3 Å². The molecular formula is C19H18N2O3S. The molecule has 4 rings (SSSR count). The normalized spacial score (nSPS) is 13.6. The van der Waals surface area contributed by atoms with Crippen molar-refractivity contribution in [2.45, 2.75) is 20.3 Å². The van der Waals surface area contributed by atoms with Crippen molar-refractivity contribution in [2.24, 2.45) is 12.0 Å². The molecule has 0 spiro atoms. The van der Waals surface area contributed by atoms with Crippen molar-refractivity contribution in [1.82, 2.24) is 4.57 Å². The highest BCUT2D eigenvalue weighted by Crippen LogP contribution is 2.32. The Morgan fingerprint density at radius 3 is 2.84 bits per heavy atom. The fraction of sp³-hybridized carbons (Fsp3) is 0.263. The van der Waals surface area contributed by atoms with E-state index >= 15 is 0 Å². The lowest BCUT2D eigenvalue weighted by atomic mass is 10.1. The number of hydrogen-bond acceptors (Lipinski definition) is 4. The van der Waals surface area contributed by atoms with Gasteiger partial charge in [-0.25, -0.2) is 0 Å². The number of benzene rings is 2. The predicted octanol–water partition coefficient (Wildman–Crippen LogP) is 3.26. The molecule has 3 aromatic rings. The summed E-state index contributed by atoms with van der Waals surface area (Å²) in [5, 5.41) is 0. The summed E-state index contributed by atoms with van der Waals surface area (Å²) in [6.07, 6.45) is 0.239. The van der Waals surface area contributed by atoms with E-state index in [0.29, 0.717) is 5.75 Å².